The van der Waals surface area contributed by atoms with E-state index in [1.807, 2.05) is 0 Å². The van der Waals surface area contributed by atoms with Crippen LogP contribution in [0.1, 0.15) is 23.6 Å². The maximum Gasteiger partial charge on any atom is 0.123 e. The molecule has 1 nitrogen and oxygen atoms in total. The molecule has 0 spiro atoms. The Kier molecular flexibility index (Phi) is 5.77. The van der Waals surface area contributed by atoms with Gasteiger partial charge in [-0.3, -0.25) is 0 Å². The average Bonchev–Trinajstić information content (AvgIpc) is 2.45. The predicted octanol–water partition coefficient (Wildman–Crippen LogP) is 4.55. The minimum Gasteiger partial charge on any atom is -0.314 e. The largest absolute Gasteiger partial charge is 0.314 e. The van der Waals surface area contributed by atoms with E-state index in [0.29, 0.717) is 5.02 Å². The van der Waals surface area contributed by atoms with Gasteiger partial charge >= 0.3 is 0 Å². The maximum absolute atomic E-state index is 13.4. The van der Waals surface area contributed by atoms with Crippen LogP contribution in [0.25, 0.3) is 0 Å². The summed E-state index contributed by atoms with van der Waals surface area (Å²) in [5, 5.41) is 4.09. The van der Waals surface area contributed by atoms with E-state index < -0.39 is 0 Å². The fraction of sp³-hybridized carbons (Fsp3) is 0.333. The lowest BCUT2D eigenvalue weighted by molar-refractivity contribution is 0.519. The lowest BCUT2D eigenvalue weighted by atomic mass is 9.98. The number of halogens is 2. The van der Waals surface area contributed by atoms with Gasteiger partial charge in [-0.15, -0.1) is 0 Å². The van der Waals surface area contributed by atoms with Crippen molar-refractivity contribution >= 4 is 11.6 Å². The Balaban J connectivity index is 2.11. The summed E-state index contributed by atoms with van der Waals surface area (Å²) >= 11 is 6.17. The van der Waals surface area contributed by atoms with Crippen molar-refractivity contribution in [2.24, 2.45) is 0 Å². The topological polar surface area (TPSA) is 12.0 Å². The third-order valence-electron chi connectivity index (χ3n) is 3.57. The van der Waals surface area contributed by atoms with E-state index in [-0.39, 0.29) is 11.9 Å². The lowest BCUT2D eigenvalue weighted by Crippen LogP contribution is -2.33. The molecule has 1 N–H and O–H groups in total. The summed E-state index contributed by atoms with van der Waals surface area (Å²) in [6.45, 7) is 5.04. The van der Waals surface area contributed by atoms with E-state index in [9.17, 15) is 4.39 Å². The molecule has 2 aromatic rings. The first-order valence-corrected chi connectivity index (χ1v) is 7.69. The van der Waals surface area contributed by atoms with E-state index in [1.165, 1.54) is 23.3 Å². The van der Waals surface area contributed by atoms with Gasteiger partial charge in [0.05, 0.1) is 0 Å². The summed E-state index contributed by atoms with van der Waals surface area (Å²) in [5.74, 6) is -0.236. The summed E-state index contributed by atoms with van der Waals surface area (Å²) in [6.07, 6.45) is 1.62. The standard InChI is InChI=1S/C18H21ClFN/c1-3-21-17(10-14-6-4-13(2)5-7-14)12-15-11-16(20)8-9-18(15)19/h4-9,11,17,21H,3,10,12H2,1-2H3. The molecule has 0 fully saturated rings. The molecule has 0 aliphatic heterocycles. The molecule has 3 heteroatoms. The third kappa shape index (κ3) is 4.83. The van der Waals surface area contributed by atoms with Crippen LogP contribution < -0.4 is 5.32 Å². The third-order valence-corrected chi connectivity index (χ3v) is 3.94. The normalized spacial score (nSPS) is 12.4. The number of rotatable bonds is 6. The zero-order valence-corrected chi connectivity index (χ0v) is 13.3. The van der Waals surface area contributed by atoms with Gasteiger partial charge in [0.15, 0.2) is 0 Å². The summed E-state index contributed by atoms with van der Waals surface area (Å²) < 4.78 is 13.4. The molecule has 2 rings (SSSR count). The first kappa shape index (κ1) is 16.0. The summed E-state index contributed by atoms with van der Waals surface area (Å²) in [6, 6.07) is 13.3. The molecular weight excluding hydrogens is 285 g/mol. The van der Waals surface area contributed by atoms with E-state index in [0.717, 1.165) is 24.9 Å². The molecule has 0 heterocycles. The van der Waals surface area contributed by atoms with Crippen LogP contribution in [-0.4, -0.2) is 12.6 Å². The molecule has 0 aliphatic carbocycles. The van der Waals surface area contributed by atoms with Crippen molar-refractivity contribution in [3.05, 3.63) is 70.0 Å². The summed E-state index contributed by atoms with van der Waals surface area (Å²) in [7, 11) is 0. The quantitative estimate of drug-likeness (QED) is 0.825. The second-order valence-corrected chi connectivity index (χ2v) is 5.79. The zero-order chi connectivity index (χ0) is 15.2. The molecule has 0 saturated carbocycles. The smallest absolute Gasteiger partial charge is 0.123 e. The van der Waals surface area contributed by atoms with Gasteiger partial charge in [0.1, 0.15) is 5.82 Å². The molecule has 0 aliphatic rings. The molecule has 1 atom stereocenters. The highest BCUT2D eigenvalue weighted by molar-refractivity contribution is 6.31. The maximum atomic E-state index is 13.4. The number of benzene rings is 2. The van der Waals surface area contributed by atoms with Gasteiger partial charge in [0, 0.05) is 11.1 Å². The number of hydrogen-bond donors (Lipinski definition) is 1. The highest BCUT2D eigenvalue weighted by atomic mass is 35.5. The van der Waals surface area contributed by atoms with Crippen LogP contribution in [0.5, 0.6) is 0 Å². The SMILES string of the molecule is CCNC(Cc1ccc(C)cc1)Cc1cc(F)ccc1Cl. The van der Waals surface area contributed by atoms with Crippen molar-refractivity contribution in [1.82, 2.24) is 5.32 Å². The first-order valence-electron chi connectivity index (χ1n) is 7.31. The van der Waals surface area contributed by atoms with Crippen molar-refractivity contribution in [3.8, 4) is 0 Å². The molecular formula is C18H21ClFN. The van der Waals surface area contributed by atoms with Crippen molar-refractivity contribution < 1.29 is 4.39 Å². The fourth-order valence-electron chi connectivity index (χ4n) is 2.48. The minimum atomic E-state index is -0.236. The van der Waals surface area contributed by atoms with Crippen molar-refractivity contribution in [2.75, 3.05) is 6.54 Å². The fourth-order valence-corrected chi connectivity index (χ4v) is 2.67. The van der Waals surface area contributed by atoms with E-state index in [4.69, 9.17) is 11.6 Å². The van der Waals surface area contributed by atoms with Gasteiger partial charge in [-0.1, -0.05) is 48.4 Å². The average molecular weight is 306 g/mol. The monoisotopic (exact) mass is 305 g/mol. The van der Waals surface area contributed by atoms with Gasteiger partial charge in [-0.05, 0) is 55.6 Å². The Morgan fingerprint density at radius 2 is 1.81 bits per heavy atom. The predicted molar refractivity (Wildman–Crippen MR) is 87.5 cm³/mol. The second-order valence-electron chi connectivity index (χ2n) is 5.38. The van der Waals surface area contributed by atoms with Crippen LogP contribution in [0.4, 0.5) is 4.39 Å². The molecule has 21 heavy (non-hydrogen) atoms. The molecule has 0 aromatic heterocycles. The minimum absolute atomic E-state index is 0.236. The van der Waals surface area contributed by atoms with Gasteiger partial charge in [-0.2, -0.15) is 0 Å². The van der Waals surface area contributed by atoms with Crippen LogP contribution in [-0.2, 0) is 12.8 Å². The Bertz CT molecular complexity index is 580. The van der Waals surface area contributed by atoms with Gasteiger partial charge in [0.2, 0.25) is 0 Å². The number of likely N-dealkylation sites (N-methyl/N-ethyl adjacent to an activating group) is 1. The molecule has 2 aromatic carbocycles. The molecule has 1 unspecified atom stereocenters. The van der Waals surface area contributed by atoms with Crippen molar-refractivity contribution in [2.45, 2.75) is 32.7 Å². The van der Waals surface area contributed by atoms with Crippen LogP contribution in [0, 0.1) is 12.7 Å². The molecule has 0 amide bonds. The second kappa shape index (κ2) is 7.58. The number of hydrogen-bond acceptors (Lipinski definition) is 1. The first-order chi connectivity index (χ1) is 10.1. The Morgan fingerprint density at radius 1 is 1.10 bits per heavy atom. The van der Waals surface area contributed by atoms with Crippen LogP contribution in [0.2, 0.25) is 5.02 Å². The number of aryl methyl sites for hydroxylation is 1. The van der Waals surface area contributed by atoms with E-state index in [2.05, 4.69) is 43.4 Å². The van der Waals surface area contributed by atoms with E-state index in [1.54, 1.807) is 6.07 Å². The molecule has 0 bridgehead atoms. The van der Waals surface area contributed by atoms with E-state index >= 15 is 0 Å². The van der Waals surface area contributed by atoms with Crippen molar-refractivity contribution in [1.29, 1.82) is 0 Å². The highest BCUT2D eigenvalue weighted by Crippen LogP contribution is 2.20. The van der Waals surface area contributed by atoms with Crippen LogP contribution >= 0.6 is 11.6 Å². The zero-order valence-electron chi connectivity index (χ0n) is 12.5. The molecule has 112 valence electrons. The Labute approximate surface area is 131 Å². The molecule has 0 radical (unpaired) electrons. The lowest BCUT2D eigenvalue weighted by Gasteiger charge is -2.19. The highest BCUT2D eigenvalue weighted by Gasteiger charge is 2.12. The number of nitrogens with one attached hydrogen (secondary N) is 1. The van der Waals surface area contributed by atoms with Gasteiger partial charge in [-0.25, -0.2) is 4.39 Å². The Hall–Kier alpha value is -1.38. The van der Waals surface area contributed by atoms with Gasteiger partial charge < -0.3 is 5.32 Å². The summed E-state index contributed by atoms with van der Waals surface area (Å²) in [4.78, 5) is 0. The summed E-state index contributed by atoms with van der Waals surface area (Å²) in [5.41, 5.74) is 3.39. The van der Waals surface area contributed by atoms with Crippen molar-refractivity contribution in [3.63, 3.8) is 0 Å². The molecule has 0 saturated heterocycles. The van der Waals surface area contributed by atoms with Crippen LogP contribution in [0.3, 0.4) is 0 Å². The van der Waals surface area contributed by atoms with Crippen LogP contribution in [0.15, 0.2) is 42.5 Å². The Morgan fingerprint density at radius 3 is 2.48 bits per heavy atom. The van der Waals surface area contributed by atoms with Gasteiger partial charge in [0.25, 0.3) is 0 Å².